The van der Waals surface area contributed by atoms with Crippen molar-refractivity contribution in [1.29, 1.82) is 0 Å². The average molecular weight is 416 g/mol. The van der Waals surface area contributed by atoms with Gasteiger partial charge in [0.1, 0.15) is 0 Å². The van der Waals surface area contributed by atoms with Gasteiger partial charge in [0.2, 0.25) is 0 Å². The second-order valence-corrected chi connectivity index (χ2v) is 11.7. The number of nitrogens with zero attached hydrogens (tertiary/aromatic N) is 1. The van der Waals surface area contributed by atoms with Crippen molar-refractivity contribution in [1.82, 2.24) is 4.98 Å². The molecule has 0 amide bonds. The number of thiazole rings is 1. The smallest absolute Gasteiger partial charge is 0.194 e. The zero-order valence-electron chi connectivity index (χ0n) is 18.3. The minimum atomic E-state index is -0.107. The number of fused-ring (bicyclic) bond motifs is 5. The molecule has 0 aromatic carbocycles. The Morgan fingerprint density at radius 1 is 1.17 bits per heavy atom. The SMILES string of the molecule is CCCOc1cnc([C@H]2CCC3[C@@H]4CC=C5C[C@@H](O)CC[C@]5(C)C4CC[C@@]32C)s1. The predicted molar refractivity (Wildman–Crippen MR) is 118 cm³/mol. The summed E-state index contributed by atoms with van der Waals surface area (Å²) in [4.78, 5) is 4.83. The van der Waals surface area contributed by atoms with Crippen LogP contribution in [0.15, 0.2) is 17.8 Å². The van der Waals surface area contributed by atoms with Crippen molar-refractivity contribution in [3.8, 4) is 5.06 Å². The maximum absolute atomic E-state index is 10.2. The molecule has 5 rings (SSSR count). The van der Waals surface area contributed by atoms with Crippen molar-refractivity contribution in [3.05, 3.63) is 22.9 Å². The van der Waals surface area contributed by atoms with Gasteiger partial charge in [-0.2, -0.15) is 0 Å². The molecule has 1 N–H and O–H groups in total. The van der Waals surface area contributed by atoms with E-state index < -0.39 is 0 Å². The van der Waals surface area contributed by atoms with Crippen molar-refractivity contribution in [2.24, 2.45) is 28.6 Å². The second-order valence-electron chi connectivity index (χ2n) is 10.7. The van der Waals surface area contributed by atoms with Gasteiger partial charge in [-0.25, -0.2) is 4.98 Å². The summed E-state index contributed by atoms with van der Waals surface area (Å²) in [5, 5.41) is 12.5. The summed E-state index contributed by atoms with van der Waals surface area (Å²) in [7, 11) is 0. The molecule has 0 saturated heterocycles. The van der Waals surface area contributed by atoms with E-state index in [-0.39, 0.29) is 6.10 Å². The highest BCUT2D eigenvalue weighted by Gasteiger charge is 2.59. The van der Waals surface area contributed by atoms with Gasteiger partial charge < -0.3 is 9.84 Å². The number of aliphatic hydroxyl groups excluding tert-OH is 1. The summed E-state index contributed by atoms with van der Waals surface area (Å²) >= 11 is 1.80. The van der Waals surface area contributed by atoms with Gasteiger partial charge in [-0.15, -0.1) is 0 Å². The van der Waals surface area contributed by atoms with Crippen LogP contribution in [-0.4, -0.2) is 22.8 Å². The molecule has 4 aliphatic carbocycles. The zero-order valence-corrected chi connectivity index (χ0v) is 19.1. The summed E-state index contributed by atoms with van der Waals surface area (Å²) in [5.74, 6) is 3.05. The molecule has 1 aromatic rings. The molecule has 4 heteroatoms. The molecule has 0 radical (unpaired) electrons. The Balaban J connectivity index is 1.39. The lowest BCUT2D eigenvalue weighted by Crippen LogP contribution is -2.50. The Kier molecular flexibility index (Phi) is 5.10. The summed E-state index contributed by atoms with van der Waals surface area (Å²) in [6.45, 7) is 8.04. The van der Waals surface area contributed by atoms with Gasteiger partial charge >= 0.3 is 0 Å². The molecule has 0 bridgehead atoms. The van der Waals surface area contributed by atoms with Crippen LogP contribution >= 0.6 is 11.3 Å². The molecule has 3 fully saturated rings. The van der Waals surface area contributed by atoms with E-state index in [1.54, 1.807) is 16.9 Å². The van der Waals surface area contributed by atoms with Crippen LogP contribution in [0.5, 0.6) is 5.06 Å². The van der Waals surface area contributed by atoms with Crippen molar-refractivity contribution in [2.45, 2.75) is 90.6 Å². The van der Waals surface area contributed by atoms with Crippen LogP contribution in [0.3, 0.4) is 0 Å². The van der Waals surface area contributed by atoms with E-state index in [0.29, 0.717) is 16.7 Å². The van der Waals surface area contributed by atoms with Crippen molar-refractivity contribution in [3.63, 3.8) is 0 Å². The zero-order chi connectivity index (χ0) is 20.2. The summed E-state index contributed by atoms with van der Waals surface area (Å²) in [6, 6.07) is 0. The molecule has 0 aliphatic heterocycles. The van der Waals surface area contributed by atoms with E-state index in [9.17, 15) is 5.11 Å². The molecule has 4 aliphatic rings. The van der Waals surface area contributed by atoms with E-state index in [1.165, 1.54) is 43.5 Å². The summed E-state index contributed by atoms with van der Waals surface area (Å²) in [5.41, 5.74) is 2.30. The molecular weight excluding hydrogens is 378 g/mol. The average Bonchev–Trinajstić information content (AvgIpc) is 3.30. The van der Waals surface area contributed by atoms with E-state index in [0.717, 1.165) is 48.7 Å². The first-order valence-corrected chi connectivity index (χ1v) is 12.7. The Morgan fingerprint density at radius 3 is 2.86 bits per heavy atom. The molecule has 7 atom stereocenters. The lowest BCUT2D eigenvalue weighted by atomic mass is 9.47. The van der Waals surface area contributed by atoms with Crippen molar-refractivity contribution >= 4 is 11.3 Å². The molecular formula is C25H37NO2S. The number of allylic oxidation sites excluding steroid dienone is 1. The van der Waals surface area contributed by atoms with E-state index in [4.69, 9.17) is 9.72 Å². The highest BCUT2D eigenvalue weighted by atomic mass is 32.1. The van der Waals surface area contributed by atoms with E-state index in [1.807, 2.05) is 6.20 Å². The number of ether oxygens (including phenoxy) is 1. The maximum atomic E-state index is 10.2. The fourth-order valence-corrected chi connectivity index (χ4v) is 8.84. The lowest BCUT2D eigenvalue weighted by Gasteiger charge is -2.58. The van der Waals surface area contributed by atoms with Crippen LogP contribution in [0, 0.1) is 28.6 Å². The number of aliphatic hydroxyl groups is 1. The van der Waals surface area contributed by atoms with Gasteiger partial charge in [0.05, 0.1) is 23.9 Å². The third kappa shape index (κ3) is 3.12. The topological polar surface area (TPSA) is 42.4 Å². The number of rotatable bonds is 4. The summed E-state index contributed by atoms with van der Waals surface area (Å²) in [6.07, 6.45) is 15.1. The van der Waals surface area contributed by atoms with Gasteiger partial charge in [-0.1, -0.05) is 43.8 Å². The first kappa shape index (κ1) is 20.1. The van der Waals surface area contributed by atoms with Crippen LogP contribution in [0.2, 0.25) is 0 Å². The van der Waals surface area contributed by atoms with Crippen molar-refractivity contribution < 1.29 is 9.84 Å². The first-order valence-electron chi connectivity index (χ1n) is 11.9. The monoisotopic (exact) mass is 415 g/mol. The van der Waals surface area contributed by atoms with E-state index >= 15 is 0 Å². The molecule has 160 valence electrons. The highest BCUT2D eigenvalue weighted by molar-refractivity contribution is 7.13. The Labute approximate surface area is 180 Å². The van der Waals surface area contributed by atoms with Gasteiger partial charge in [-0.3, -0.25) is 0 Å². The van der Waals surface area contributed by atoms with Gasteiger partial charge in [-0.05, 0) is 86.4 Å². The molecule has 1 aromatic heterocycles. The van der Waals surface area contributed by atoms with E-state index in [2.05, 4.69) is 26.8 Å². The van der Waals surface area contributed by atoms with Gasteiger partial charge in [0, 0.05) is 5.92 Å². The molecule has 1 heterocycles. The van der Waals surface area contributed by atoms with Crippen LogP contribution in [0.25, 0.3) is 0 Å². The molecule has 29 heavy (non-hydrogen) atoms. The maximum Gasteiger partial charge on any atom is 0.194 e. The first-order chi connectivity index (χ1) is 14.0. The Morgan fingerprint density at radius 2 is 2.03 bits per heavy atom. The Bertz CT molecular complexity index is 788. The highest BCUT2D eigenvalue weighted by Crippen LogP contribution is 2.68. The van der Waals surface area contributed by atoms with Crippen LogP contribution < -0.4 is 4.74 Å². The second kappa shape index (κ2) is 7.37. The van der Waals surface area contributed by atoms with Crippen molar-refractivity contribution in [2.75, 3.05) is 6.61 Å². The fourth-order valence-electron chi connectivity index (χ4n) is 7.75. The summed E-state index contributed by atoms with van der Waals surface area (Å²) < 4.78 is 5.86. The number of hydrogen-bond acceptors (Lipinski definition) is 4. The molecule has 2 unspecified atom stereocenters. The third-order valence-corrected chi connectivity index (χ3v) is 10.4. The number of hydrogen-bond donors (Lipinski definition) is 1. The molecule has 3 saturated carbocycles. The lowest BCUT2D eigenvalue weighted by molar-refractivity contribution is -0.0409. The van der Waals surface area contributed by atoms with Crippen LogP contribution in [0.1, 0.15) is 89.5 Å². The minimum Gasteiger partial charge on any atom is -0.483 e. The largest absolute Gasteiger partial charge is 0.483 e. The van der Waals surface area contributed by atoms with Gasteiger partial charge in [0.15, 0.2) is 5.06 Å². The normalized spacial score (nSPS) is 43.9. The quantitative estimate of drug-likeness (QED) is 0.584. The standard InChI is InChI=1S/C25H37NO2S/c1-4-13-28-22-15-26-23(29-22)21-8-7-19-18-6-5-16-14-17(27)9-11-24(16,2)20(18)10-12-25(19,21)3/h5,15,17-21,27H,4,6-14H2,1-3H3/t17-,18-,19?,20?,21+,24-,25-/m0/s1. The van der Waals surface area contributed by atoms with Gasteiger partial charge in [0.25, 0.3) is 0 Å². The third-order valence-electron chi connectivity index (χ3n) is 9.33. The van der Waals surface area contributed by atoms with Crippen LogP contribution in [-0.2, 0) is 0 Å². The Hall–Kier alpha value is -0.870. The van der Waals surface area contributed by atoms with Crippen LogP contribution in [0.4, 0.5) is 0 Å². The molecule has 0 spiro atoms. The minimum absolute atomic E-state index is 0.107. The predicted octanol–water partition coefficient (Wildman–Crippen LogP) is 6.34. The molecule has 3 nitrogen and oxygen atoms in total. The fraction of sp³-hybridized carbons (Fsp3) is 0.800. The number of aromatic nitrogens is 1.